The van der Waals surface area contributed by atoms with Gasteiger partial charge in [-0.3, -0.25) is 0 Å². The number of para-hydroxylation sites is 1. The first-order valence-corrected chi connectivity index (χ1v) is 9.34. The summed E-state index contributed by atoms with van der Waals surface area (Å²) in [6.07, 6.45) is 3.14. The number of benzene rings is 2. The summed E-state index contributed by atoms with van der Waals surface area (Å²) in [6, 6.07) is 20.1. The van der Waals surface area contributed by atoms with Gasteiger partial charge in [-0.25, -0.2) is 9.97 Å². The molecule has 3 aromatic heterocycles. The lowest BCUT2D eigenvalue weighted by molar-refractivity contribution is 0.531. The quantitative estimate of drug-likeness (QED) is 0.420. The predicted octanol–water partition coefficient (Wildman–Crippen LogP) is 5.82. The molecule has 5 rings (SSSR count). The highest BCUT2D eigenvalue weighted by Gasteiger charge is 2.10. The summed E-state index contributed by atoms with van der Waals surface area (Å²) in [4.78, 5) is 8.60. The fourth-order valence-electron chi connectivity index (χ4n) is 2.90. The number of thiazole rings is 1. The number of aromatic nitrogens is 2. The van der Waals surface area contributed by atoms with Gasteiger partial charge in [-0.2, -0.15) is 0 Å². The highest BCUT2D eigenvalue weighted by molar-refractivity contribution is 7.21. The number of hydrogen-bond acceptors (Lipinski definition) is 6. The number of anilines is 1. The molecule has 27 heavy (non-hydrogen) atoms. The molecule has 0 fully saturated rings. The van der Waals surface area contributed by atoms with Crippen LogP contribution in [0.25, 0.3) is 32.3 Å². The van der Waals surface area contributed by atoms with Crippen molar-refractivity contribution >= 4 is 27.2 Å². The molecule has 5 nitrogen and oxygen atoms in total. The molecule has 2 aromatic carbocycles. The molecule has 132 valence electrons. The zero-order valence-corrected chi connectivity index (χ0v) is 15.1. The van der Waals surface area contributed by atoms with Crippen LogP contribution in [0.5, 0.6) is 0 Å². The molecule has 6 heteroatoms. The zero-order valence-electron chi connectivity index (χ0n) is 14.3. The molecule has 0 aliphatic rings. The lowest BCUT2D eigenvalue weighted by atomic mass is 10.1. The van der Waals surface area contributed by atoms with Crippen LogP contribution < -0.4 is 5.32 Å². The monoisotopic (exact) mass is 373 g/mol. The number of oxazole rings is 1. The van der Waals surface area contributed by atoms with E-state index in [1.807, 2.05) is 54.6 Å². The van der Waals surface area contributed by atoms with E-state index in [9.17, 15) is 0 Å². The standard InChI is InChI=1S/C21H15N3O2S/c1-2-7-20-17(6-1)24-21(27-20)18-9-8-16(26-18)11-23-15-5-3-4-14(10-15)19-12-22-13-25-19/h1-10,12-13,23H,11H2. The topological polar surface area (TPSA) is 64.1 Å². The van der Waals surface area contributed by atoms with Crippen LogP contribution in [0.1, 0.15) is 5.76 Å². The second-order valence-corrected chi connectivity index (χ2v) is 7.08. The molecule has 0 amide bonds. The molecular weight excluding hydrogens is 358 g/mol. The lowest BCUT2D eigenvalue weighted by Gasteiger charge is -2.05. The summed E-state index contributed by atoms with van der Waals surface area (Å²) in [6.45, 7) is 0.588. The van der Waals surface area contributed by atoms with Crippen molar-refractivity contribution in [3.05, 3.63) is 79.0 Å². The van der Waals surface area contributed by atoms with E-state index < -0.39 is 0 Å². The minimum atomic E-state index is 0.588. The first kappa shape index (κ1) is 15.8. The predicted molar refractivity (Wildman–Crippen MR) is 107 cm³/mol. The fourth-order valence-corrected chi connectivity index (χ4v) is 3.82. The van der Waals surface area contributed by atoms with E-state index in [1.54, 1.807) is 17.5 Å². The normalized spacial score (nSPS) is 11.1. The van der Waals surface area contributed by atoms with Gasteiger partial charge in [0.2, 0.25) is 0 Å². The van der Waals surface area contributed by atoms with E-state index in [1.165, 1.54) is 6.39 Å². The van der Waals surface area contributed by atoms with Crippen LogP contribution in [0.2, 0.25) is 0 Å². The summed E-state index contributed by atoms with van der Waals surface area (Å²) < 4.78 is 12.5. The second kappa shape index (κ2) is 6.74. The Hall–Kier alpha value is -3.38. The third kappa shape index (κ3) is 3.22. The Morgan fingerprint density at radius 2 is 1.93 bits per heavy atom. The van der Waals surface area contributed by atoms with E-state index >= 15 is 0 Å². The van der Waals surface area contributed by atoms with Gasteiger partial charge in [0.15, 0.2) is 22.9 Å². The van der Waals surface area contributed by atoms with Crippen LogP contribution in [0.3, 0.4) is 0 Å². The number of furan rings is 1. The van der Waals surface area contributed by atoms with E-state index in [4.69, 9.17) is 8.83 Å². The molecule has 0 saturated heterocycles. The van der Waals surface area contributed by atoms with Gasteiger partial charge in [-0.05, 0) is 36.4 Å². The van der Waals surface area contributed by atoms with Crippen molar-refractivity contribution in [1.82, 2.24) is 9.97 Å². The Labute approximate surface area is 159 Å². The third-order valence-electron chi connectivity index (χ3n) is 4.21. The summed E-state index contributed by atoms with van der Waals surface area (Å²) >= 11 is 1.64. The average Bonchev–Trinajstić information content (AvgIpc) is 3.46. The minimum absolute atomic E-state index is 0.588. The Balaban J connectivity index is 1.32. The van der Waals surface area contributed by atoms with Crippen molar-refractivity contribution in [1.29, 1.82) is 0 Å². The van der Waals surface area contributed by atoms with E-state index in [0.717, 1.165) is 43.8 Å². The highest BCUT2D eigenvalue weighted by atomic mass is 32.1. The second-order valence-electron chi connectivity index (χ2n) is 6.05. The summed E-state index contributed by atoms with van der Waals surface area (Å²) in [5.41, 5.74) is 2.96. The molecule has 0 radical (unpaired) electrons. The van der Waals surface area contributed by atoms with Gasteiger partial charge in [0.1, 0.15) is 5.76 Å². The summed E-state index contributed by atoms with van der Waals surface area (Å²) in [5, 5.41) is 4.28. The Kier molecular flexibility index (Phi) is 3.95. The molecule has 0 aliphatic heterocycles. The number of nitrogens with zero attached hydrogens (tertiary/aromatic N) is 2. The van der Waals surface area contributed by atoms with Crippen LogP contribution in [0.15, 0.2) is 82.1 Å². The van der Waals surface area contributed by atoms with Crippen molar-refractivity contribution in [2.75, 3.05) is 5.32 Å². The van der Waals surface area contributed by atoms with Gasteiger partial charge in [-0.1, -0.05) is 24.3 Å². The fraction of sp³-hybridized carbons (Fsp3) is 0.0476. The van der Waals surface area contributed by atoms with Gasteiger partial charge < -0.3 is 14.2 Å². The molecule has 0 bridgehead atoms. The van der Waals surface area contributed by atoms with E-state index in [0.29, 0.717) is 6.54 Å². The van der Waals surface area contributed by atoms with Crippen molar-refractivity contribution < 1.29 is 8.83 Å². The van der Waals surface area contributed by atoms with Gasteiger partial charge >= 0.3 is 0 Å². The van der Waals surface area contributed by atoms with E-state index in [-0.39, 0.29) is 0 Å². The minimum Gasteiger partial charge on any atom is -0.457 e. The first-order chi connectivity index (χ1) is 13.3. The van der Waals surface area contributed by atoms with Crippen LogP contribution in [-0.2, 0) is 6.54 Å². The maximum absolute atomic E-state index is 5.98. The maximum Gasteiger partial charge on any atom is 0.181 e. The maximum atomic E-state index is 5.98. The number of hydrogen-bond donors (Lipinski definition) is 1. The van der Waals surface area contributed by atoms with Crippen molar-refractivity contribution in [2.45, 2.75) is 6.54 Å². The average molecular weight is 373 g/mol. The van der Waals surface area contributed by atoms with Gasteiger partial charge in [-0.15, -0.1) is 11.3 Å². The molecule has 0 unspecified atom stereocenters. The third-order valence-corrected chi connectivity index (χ3v) is 5.26. The molecule has 0 spiro atoms. The van der Waals surface area contributed by atoms with Crippen molar-refractivity contribution in [3.8, 4) is 22.1 Å². The SMILES string of the molecule is c1cc(NCc2ccc(-c3nc4ccccc4s3)o2)cc(-c2cnco2)c1. The zero-order chi connectivity index (χ0) is 18.1. The lowest BCUT2D eigenvalue weighted by Crippen LogP contribution is -1.97. The largest absolute Gasteiger partial charge is 0.457 e. The van der Waals surface area contributed by atoms with Crippen LogP contribution in [0.4, 0.5) is 5.69 Å². The molecule has 0 atom stereocenters. The molecule has 3 heterocycles. The molecular formula is C21H15N3O2S. The molecule has 0 aliphatic carbocycles. The van der Waals surface area contributed by atoms with Crippen LogP contribution in [0, 0.1) is 0 Å². The number of fused-ring (bicyclic) bond motifs is 1. The Morgan fingerprint density at radius 3 is 2.81 bits per heavy atom. The van der Waals surface area contributed by atoms with Crippen LogP contribution in [-0.4, -0.2) is 9.97 Å². The van der Waals surface area contributed by atoms with Gasteiger partial charge in [0.25, 0.3) is 0 Å². The summed E-state index contributed by atoms with van der Waals surface area (Å²) in [7, 11) is 0. The first-order valence-electron chi connectivity index (χ1n) is 8.53. The summed E-state index contributed by atoms with van der Waals surface area (Å²) in [5.74, 6) is 2.40. The number of nitrogens with one attached hydrogen (secondary N) is 1. The molecule has 5 aromatic rings. The van der Waals surface area contributed by atoms with Crippen molar-refractivity contribution in [3.63, 3.8) is 0 Å². The van der Waals surface area contributed by atoms with Gasteiger partial charge in [0, 0.05) is 11.3 Å². The molecule has 0 saturated carbocycles. The Morgan fingerprint density at radius 1 is 0.963 bits per heavy atom. The van der Waals surface area contributed by atoms with Crippen LogP contribution >= 0.6 is 11.3 Å². The van der Waals surface area contributed by atoms with Gasteiger partial charge in [0.05, 0.1) is 23.0 Å². The van der Waals surface area contributed by atoms with Crippen molar-refractivity contribution in [2.24, 2.45) is 0 Å². The Bertz CT molecular complexity index is 1160. The van der Waals surface area contributed by atoms with E-state index in [2.05, 4.69) is 21.4 Å². The highest BCUT2D eigenvalue weighted by Crippen LogP contribution is 2.31. The number of rotatable bonds is 5. The molecule has 1 N–H and O–H groups in total. The smallest absolute Gasteiger partial charge is 0.181 e.